The minimum Gasteiger partial charge on any atom is -0.497 e. The highest BCUT2D eigenvalue weighted by atomic mass is 16.5. The summed E-state index contributed by atoms with van der Waals surface area (Å²) >= 11 is 0. The second kappa shape index (κ2) is 12.8. The number of methoxy groups -OCH3 is 1. The number of urea groups is 1. The second-order valence-electron chi connectivity index (χ2n) is 8.80. The van der Waals surface area contributed by atoms with Crippen molar-refractivity contribution in [3.8, 4) is 11.5 Å². The summed E-state index contributed by atoms with van der Waals surface area (Å²) in [5.41, 5.74) is 2.11. The average molecular weight is 481 g/mol. The number of unbranched alkanes of at least 4 members (excludes halogenated alkanes) is 4. The Bertz CT molecular complexity index is 1030. The van der Waals surface area contributed by atoms with Crippen molar-refractivity contribution in [2.24, 2.45) is 0 Å². The number of ether oxygens (including phenoxy) is 3. The third-order valence-corrected chi connectivity index (χ3v) is 5.75. The lowest BCUT2D eigenvalue weighted by Crippen LogP contribution is -2.45. The lowest BCUT2D eigenvalue weighted by atomic mass is 9.92. The zero-order valence-electron chi connectivity index (χ0n) is 21.1. The minimum absolute atomic E-state index is 0.319. The van der Waals surface area contributed by atoms with E-state index in [-0.39, 0.29) is 6.10 Å². The molecule has 2 aromatic rings. The molecular formula is C28H36N2O5. The summed E-state index contributed by atoms with van der Waals surface area (Å²) in [6, 6.07) is 13.5. The molecule has 1 atom stereocenters. The molecule has 1 heterocycles. The predicted octanol–water partition coefficient (Wildman–Crippen LogP) is 5.76. The zero-order valence-corrected chi connectivity index (χ0v) is 21.1. The van der Waals surface area contributed by atoms with E-state index in [1.54, 1.807) is 45.2 Å². The Hall–Kier alpha value is -3.48. The molecule has 2 aromatic carbocycles. The largest absolute Gasteiger partial charge is 0.497 e. The Balaban J connectivity index is 1.99. The molecule has 7 nitrogen and oxygen atoms in total. The van der Waals surface area contributed by atoms with E-state index in [1.165, 1.54) is 19.3 Å². The molecule has 1 aliphatic rings. The van der Waals surface area contributed by atoms with Crippen molar-refractivity contribution in [1.82, 2.24) is 10.6 Å². The predicted molar refractivity (Wildman–Crippen MR) is 136 cm³/mol. The van der Waals surface area contributed by atoms with Crippen molar-refractivity contribution in [1.29, 1.82) is 0 Å². The molecule has 0 saturated heterocycles. The molecule has 0 aliphatic carbocycles. The quantitative estimate of drug-likeness (QED) is 0.298. The van der Waals surface area contributed by atoms with Gasteiger partial charge >= 0.3 is 12.0 Å². The first-order valence-corrected chi connectivity index (χ1v) is 12.3. The topological polar surface area (TPSA) is 85.9 Å². The van der Waals surface area contributed by atoms with Crippen molar-refractivity contribution < 1.29 is 23.8 Å². The number of esters is 1. The third-order valence-electron chi connectivity index (χ3n) is 5.75. The molecule has 0 fully saturated rings. The highest BCUT2D eigenvalue weighted by molar-refractivity contribution is 6.04. The zero-order chi connectivity index (χ0) is 25.2. The fourth-order valence-corrected chi connectivity index (χ4v) is 4.02. The number of carbonyl (C=O) groups is 2. The average Bonchev–Trinajstić information content (AvgIpc) is 2.85. The number of rotatable bonds is 12. The van der Waals surface area contributed by atoms with Gasteiger partial charge in [-0.1, -0.05) is 50.8 Å². The number of carbonyl (C=O) groups excluding carboxylic acids is 2. The van der Waals surface area contributed by atoms with E-state index in [9.17, 15) is 9.59 Å². The van der Waals surface area contributed by atoms with Gasteiger partial charge in [-0.3, -0.25) is 0 Å². The van der Waals surface area contributed by atoms with Gasteiger partial charge in [0.1, 0.15) is 11.5 Å². The molecule has 188 valence electrons. The standard InChI is InChI=1S/C28H36N2O5/c1-5-6-7-8-11-18-34-23-13-10-9-12-22(23)26-24(27(31)35-19(2)3)25(29-28(32)30-26)20-14-16-21(33-4)17-15-20/h9-10,12-17,19,26H,5-8,11,18H2,1-4H3,(H2,29,30,32). The fourth-order valence-electron chi connectivity index (χ4n) is 4.02. The lowest BCUT2D eigenvalue weighted by Gasteiger charge is -2.31. The molecule has 2 N–H and O–H groups in total. The highest BCUT2D eigenvalue weighted by Gasteiger charge is 2.36. The summed E-state index contributed by atoms with van der Waals surface area (Å²) in [7, 11) is 1.59. The summed E-state index contributed by atoms with van der Waals surface area (Å²) in [5.74, 6) is 0.812. The smallest absolute Gasteiger partial charge is 0.338 e. The van der Waals surface area contributed by atoms with Gasteiger partial charge in [0.15, 0.2) is 0 Å². The molecule has 0 saturated carbocycles. The number of nitrogens with one attached hydrogen (secondary N) is 2. The van der Waals surface area contributed by atoms with Gasteiger partial charge in [-0.25, -0.2) is 9.59 Å². The van der Waals surface area contributed by atoms with Crippen LogP contribution in [0.25, 0.3) is 5.70 Å². The molecule has 0 radical (unpaired) electrons. The van der Waals surface area contributed by atoms with Crippen LogP contribution in [0, 0.1) is 0 Å². The monoisotopic (exact) mass is 480 g/mol. The second-order valence-corrected chi connectivity index (χ2v) is 8.80. The van der Waals surface area contributed by atoms with Gasteiger partial charge in [-0.2, -0.15) is 0 Å². The van der Waals surface area contributed by atoms with Crippen LogP contribution in [0.4, 0.5) is 4.79 Å². The van der Waals surface area contributed by atoms with Crippen LogP contribution in [0.5, 0.6) is 11.5 Å². The van der Waals surface area contributed by atoms with Gasteiger partial charge in [0.25, 0.3) is 0 Å². The van der Waals surface area contributed by atoms with E-state index in [0.717, 1.165) is 12.8 Å². The van der Waals surface area contributed by atoms with Gasteiger partial charge in [0.05, 0.1) is 37.1 Å². The summed E-state index contributed by atoms with van der Waals surface area (Å²) in [6.45, 7) is 6.35. The Kier molecular flexibility index (Phi) is 9.58. The van der Waals surface area contributed by atoms with Crippen LogP contribution in [-0.2, 0) is 9.53 Å². The van der Waals surface area contributed by atoms with E-state index in [2.05, 4.69) is 17.6 Å². The Morgan fingerprint density at radius 1 is 1.00 bits per heavy atom. The summed E-state index contributed by atoms with van der Waals surface area (Å²) < 4.78 is 17.0. The normalized spacial score (nSPS) is 15.5. The van der Waals surface area contributed by atoms with Crippen LogP contribution < -0.4 is 20.1 Å². The molecule has 1 aliphatic heterocycles. The lowest BCUT2D eigenvalue weighted by molar-refractivity contribution is -0.143. The first kappa shape index (κ1) is 26.1. The van der Waals surface area contributed by atoms with Gasteiger partial charge < -0.3 is 24.8 Å². The Labute approximate surface area is 207 Å². The Morgan fingerprint density at radius 2 is 1.71 bits per heavy atom. The van der Waals surface area contributed by atoms with Gasteiger partial charge in [-0.15, -0.1) is 0 Å². The SMILES string of the molecule is CCCCCCCOc1ccccc1C1NC(=O)NC(c2ccc(OC)cc2)=C1C(=O)OC(C)C. The van der Waals surface area contributed by atoms with E-state index in [0.29, 0.717) is 40.5 Å². The fraction of sp³-hybridized carbons (Fsp3) is 0.429. The van der Waals surface area contributed by atoms with Crippen molar-refractivity contribution in [2.75, 3.05) is 13.7 Å². The summed E-state index contributed by atoms with van der Waals surface area (Å²) in [5, 5.41) is 5.72. The van der Waals surface area contributed by atoms with E-state index in [1.807, 2.05) is 24.3 Å². The van der Waals surface area contributed by atoms with Crippen LogP contribution in [0.15, 0.2) is 54.1 Å². The molecular weight excluding hydrogens is 444 g/mol. The van der Waals surface area contributed by atoms with Crippen LogP contribution in [0.2, 0.25) is 0 Å². The number of hydrogen-bond acceptors (Lipinski definition) is 5. The molecule has 1 unspecified atom stereocenters. The maximum Gasteiger partial charge on any atom is 0.338 e. The van der Waals surface area contributed by atoms with Gasteiger partial charge in [-0.05, 0) is 56.2 Å². The molecule has 35 heavy (non-hydrogen) atoms. The number of benzene rings is 2. The van der Waals surface area contributed by atoms with E-state index < -0.39 is 18.0 Å². The number of hydrogen-bond donors (Lipinski definition) is 2. The van der Waals surface area contributed by atoms with Crippen molar-refractivity contribution >= 4 is 17.7 Å². The van der Waals surface area contributed by atoms with Crippen molar-refractivity contribution in [3.05, 3.63) is 65.2 Å². The maximum absolute atomic E-state index is 13.3. The molecule has 0 bridgehead atoms. The Morgan fingerprint density at radius 3 is 2.40 bits per heavy atom. The van der Waals surface area contributed by atoms with Gasteiger partial charge in [0.2, 0.25) is 0 Å². The molecule has 2 amide bonds. The molecule has 3 rings (SSSR count). The molecule has 7 heteroatoms. The molecule has 0 spiro atoms. The summed E-state index contributed by atoms with van der Waals surface area (Å²) in [4.78, 5) is 26.1. The number of para-hydroxylation sites is 1. The van der Waals surface area contributed by atoms with E-state index >= 15 is 0 Å². The van der Waals surface area contributed by atoms with Gasteiger partial charge in [0, 0.05) is 5.56 Å². The first-order valence-electron chi connectivity index (χ1n) is 12.3. The highest BCUT2D eigenvalue weighted by Crippen LogP contribution is 2.36. The van der Waals surface area contributed by atoms with Crippen LogP contribution in [0.1, 0.15) is 70.0 Å². The van der Waals surface area contributed by atoms with Crippen LogP contribution >= 0.6 is 0 Å². The minimum atomic E-state index is -0.733. The first-order chi connectivity index (χ1) is 16.9. The third kappa shape index (κ3) is 7.01. The van der Waals surface area contributed by atoms with E-state index in [4.69, 9.17) is 14.2 Å². The number of amides is 2. The van der Waals surface area contributed by atoms with Crippen LogP contribution in [-0.4, -0.2) is 31.8 Å². The van der Waals surface area contributed by atoms with Crippen molar-refractivity contribution in [2.45, 2.75) is 65.0 Å². The summed E-state index contributed by atoms with van der Waals surface area (Å²) in [6.07, 6.45) is 5.33. The van der Waals surface area contributed by atoms with Crippen molar-refractivity contribution in [3.63, 3.8) is 0 Å². The van der Waals surface area contributed by atoms with Crippen LogP contribution in [0.3, 0.4) is 0 Å². The maximum atomic E-state index is 13.3. The molecule has 0 aromatic heterocycles.